The molecule has 0 spiro atoms. The number of carbonyl (C=O) groups excluding carboxylic acids is 1. The second kappa shape index (κ2) is 5.68. The molecule has 2 N–H and O–H groups in total. The zero-order valence-corrected chi connectivity index (χ0v) is 12.0. The van der Waals surface area contributed by atoms with Gasteiger partial charge in [0, 0.05) is 32.3 Å². The quantitative estimate of drug-likeness (QED) is 0.885. The molecule has 106 valence electrons. The van der Waals surface area contributed by atoms with Gasteiger partial charge in [-0.05, 0) is 0 Å². The van der Waals surface area contributed by atoms with Gasteiger partial charge in [-0.15, -0.1) is 0 Å². The Hall–Kier alpha value is -2.44. The lowest BCUT2D eigenvalue weighted by atomic mass is 10.2. The zero-order chi connectivity index (χ0) is 14.7. The minimum atomic E-state index is -0.308. The van der Waals surface area contributed by atoms with Gasteiger partial charge in [-0.1, -0.05) is 13.8 Å². The summed E-state index contributed by atoms with van der Waals surface area (Å²) in [6.07, 6.45) is 3.38. The van der Waals surface area contributed by atoms with Crippen molar-refractivity contribution in [1.82, 2.24) is 19.7 Å². The molecule has 20 heavy (non-hydrogen) atoms. The van der Waals surface area contributed by atoms with Gasteiger partial charge in [0.05, 0.1) is 11.9 Å². The molecule has 0 aliphatic rings. The Morgan fingerprint density at radius 1 is 1.40 bits per heavy atom. The number of hydrogen-bond donors (Lipinski definition) is 2. The Balaban J connectivity index is 2.29. The van der Waals surface area contributed by atoms with Gasteiger partial charge in [0.2, 0.25) is 0 Å². The van der Waals surface area contributed by atoms with Crippen molar-refractivity contribution in [2.75, 3.05) is 17.7 Å². The average Bonchev–Trinajstić information content (AvgIpc) is 2.83. The maximum Gasteiger partial charge on any atom is 0.277 e. The first-order valence-electron chi connectivity index (χ1n) is 6.37. The third kappa shape index (κ3) is 2.93. The number of amides is 1. The molecule has 0 fully saturated rings. The van der Waals surface area contributed by atoms with Crippen LogP contribution in [0, 0.1) is 0 Å². The molecule has 0 saturated carbocycles. The second-order valence-electron chi connectivity index (χ2n) is 4.72. The van der Waals surface area contributed by atoms with E-state index in [0.717, 1.165) is 0 Å². The van der Waals surface area contributed by atoms with Crippen LogP contribution in [0.5, 0.6) is 0 Å². The Morgan fingerprint density at radius 2 is 2.15 bits per heavy atom. The van der Waals surface area contributed by atoms with Crippen molar-refractivity contribution >= 4 is 17.4 Å². The van der Waals surface area contributed by atoms with E-state index in [9.17, 15) is 4.79 Å². The van der Waals surface area contributed by atoms with Crippen molar-refractivity contribution in [1.29, 1.82) is 0 Å². The molecule has 2 heterocycles. The van der Waals surface area contributed by atoms with E-state index in [4.69, 9.17) is 0 Å². The van der Waals surface area contributed by atoms with Crippen molar-refractivity contribution in [2.24, 2.45) is 7.05 Å². The van der Waals surface area contributed by atoms with Crippen molar-refractivity contribution in [3.8, 4) is 0 Å². The lowest BCUT2D eigenvalue weighted by molar-refractivity contribution is 0.102. The summed E-state index contributed by atoms with van der Waals surface area (Å²) in [5, 5.41) is 9.75. The molecule has 0 atom stereocenters. The number of nitrogens with one attached hydrogen (secondary N) is 2. The highest BCUT2D eigenvalue weighted by molar-refractivity contribution is 6.05. The number of nitrogens with zero attached hydrogens (tertiary/aromatic N) is 4. The van der Waals surface area contributed by atoms with Gasteiger partial charge in [0.25, 0.3) is 5.91 Å². The molecule has 7 nitrogen and oxygen atoms in total. The Labute approximate surface area is 117 Å². The Kier molecular flexibility index (Phi) is 3.97. The molecule has 0 aliphatic carbocycles. The number of carbonyl (C=O) groups is 1. The van der Waals surface area contributed by atoms with Crippen LogP contribution in [0.4, 0.5) is 11.5 Å². The molecule has 2 rings (SSSR count). The molecule has 2 aromatic rings. The highest BCUT2D eigenvalue weighted by atomic mass is 16.2. The zero-order valence-electron chi connectivity index (χ0n) is 12.0. The van der Waals surface area contributed by atoms with Crippen molar-refractivity contribution in [2.45, 2.75) is 19.8 Å². The van der Waals surface area contributed by atoms with Gasteiger partial charge in [-0.3, -0.25) is 9.48 Å². The summed E-state index contributed by atoms with van der Waals surface area (Å²) in [7, 11) is 3.52. The smallest absolute Gasteiger partial charge is 0.277 e. The van der Waals surface area contributed by atoms with E-state index in [-0.39, 0.29) is 11.8 Å². The fourth-order valence-corrected chi connectivity index (χ4v) is 1.69. The summed E-state index contributed by atoms with van der Waals surface area (Å²) in [5.74, 6) is 0.971. The maximum atomic E-state index is 12.3. The summed E-state index contributed by atoms with van der Waals surface area (Å²) in [5.41, 5.74) is 0.902. The molecule has 1 amide bonds. The van der Waals surface area contributed by atoms with Crippen LogP contribution in [0.2, 0.25) is 0 Å². The second-order valence-corrected chi connectivity index (χ2v) is 4.72. The minimum Gasteiger partial charge on any atom is -0.385 e. The van der Waals surface area contributed by atoms with E-state index in [1.165, 1.54) is 0 Å². The number of aryl methyl sites for hydroxylation is 1. The standard InChI is InChI=1S/C13H18N6O/c1-8(2)12-15-7-9(14-3)11(17-12)13(20)16-10-5-6-19(4)18-10/h5-8,14H,1-4H3,(H,16,18,20). The molecule has 7 heteroatoms. The number of anilines is 2. The summed E-state index contributed by atoms with van der Waals surface area (Å²) >= 11 is 0. The monoisotopic (exact) mass is 274 g/mol. The summed E-state index contributed by atoms with van der Waals surface area (Å²) in [4.78, 5) is 20.8. The van der Waals surface area contributed by atoms with Crippen LogP contribution in [0.1, 0.15) is 36.1 Å². The summed E-state index contributed by atoms with van der Waals surface area (Å²) in [6.45, 7) is 3.96. The van der Waals surface area contributed by atoms with Crippen LogP contribution in [-0.4, -0.2) is 32.7 Å². The average molecular weight is 274 g/mol. The molecule has 0 aromatic carbocycles. The normalized spacial score (nSPS) is 10.7. The van der Waals surface area contributed by atoms with Crippen LogP contribution >= 0.6 is 0 Å². The predicted molar refractivity (Wildman–Crippen MR) is 76.8 cm³/mol. The van der Waals surface area contributed by atoms with Gasteiger partial charge >= 0.3 is 0 Å². The van der Waals surface area contributed by atoms with E-state index in [0.29, 0.717) is 23.0 Å². The summed E-state index contributed by atoms with van der Waals surface area (Å²) < 4.78 is 1.62. The van der Waals surface area contributed by atoms with Crippen molar-refractivity contribution in [3.63, 3.8) is 0 Å². The number of rotatable bonds is 4. The molecule has 0 unspecified atom stereocenters. The number of aromatic nitrogens is 4. The van der Waals surface area contributed by atoms with E-state index in [1.54, 1.807) is 37.2 Å². The van der Waals surface area contributed by atoms with E-state index >= 15 is 0 Å². The van der Waals surface area contributed by atoms with Crippen LogP contribution in [0.15, 0.2) is 18.5 Å². The SMILES string of the molecule is CNc1cnc(C(C)C)nc1C(=O)Nc1ccn(C)n1. The molecule has 0 saturated heterocycles. The van der Waals surface area contributed by atoms with Gasteiger partial charge in [-0.25, -0.2) is 9.97 Å². The highest BCUT2D eigenvalue weighted by Gasteiger charge is 2.16. The van der Waals surface area contributed by atoms with Crippen molar-refractivity contribution < 1.29 is 4.79 Å². The Morgan fingerprint density at radius 3 is 2.70 bits per heavy atom. The first-order chi connectivity index (χ1) is 9.51. The van der Waals surface area contributed by atoms with E-state index in [1.807, 2.05) is 13.8 Å². The molecule has 0 bridgehead atoms. The topological polar surface area (TPSA) is 84.7 Å². The van der Waals surface area contributed by atoms with Gasteiger partial charge in [0.1, 0.15) is 5.82 Å². The first-order valence-corrected chi connectivity index (χ1v) is 6.37. The third-order valence-electron chi connectivity index (χ3n) is 2.76. The highest BCUT2D eigenvalue weighted by Crippen LogP contribution is 2.17. The molecule has 0 aliphatic heterocycles. The molecular formula is C13H18N6O. The predicted octanol–water partition coefficient (Wildman–Crippen LogP) is 1.63. The Bertz CT molecular complexity index is 619. The van der Waals surface area contributed by atoms with Gasteiger partial charge < -0.3 is 10.6 Å². The van der Waals surface area contributed by atoms with Gasteiger partial charge in [-0.2, -0.15) is 5.10 Å². The molecular weight excluding hydrogens is 256 g/mol. The minimum absolute atomic E-state index is 0.155. The van der Waals surface area contributed by atoms with Crippen LogP contribution in [-0.2, 0) is 7.05 Å². The lowest BCUT2D eigenvalue weighted by Crippen LogP contribution is -2.18. The molecule has 2 aromatic heterocycles. The summed E-state index contributed by atoms with van der Waals surface area (Å²) in [6, 6.07) is 1.72. The van der Waals surface area contributed by atoms with Crippen LogP contribution in [0.3, 0.4) is 0 Å². The largest absolute Gasteiger partial charge is 0.385 e. The fourth-order valence-electron chi connectivity index (χ4n) is 1.69. The molecule has 0 radical (unpaired) electrons. The lowest BCUT2D eigenvalue weighted by Gasteiger charge is -2.10. The maximum absolute atomic E-state index is 12.3. The van der Waals surface area contributed by atoms with Crippen LogP contribution in [0.25, 0.3) is 0 Å². The fraction of sp³-hybridized carbons (Fsp3) is 0.385. The van der Waals surface area contributed by atoms with Crippen LogP contribution < -0.4 is 10.6 Å². The third-order valence-corrected chi connectivity index (χ3v) is 2.76. The van der Waals surface area contributed by atoms with Crippen molar-refractivity contribution in [3.05, 3.63) is 30.0 Å². The first kappa shape index (κ1) is 14.0. The van der Waals surface area contributed by atoms with E-state index < -0.39 is 0 Å². The van der Waals surface area contributed by atoms with Gasteiger partial charge in [0.15, 0.2) is 11.5 Å². The number of hydrogen-bond acceptors (Lipinski definition) is 5. The van der Waals surface area contributed by atoms with E-state index in [2.05, 4.69) is 25.7 Å².